The molecule has 3 nitrogen and oxygen atoms in total. The minimum Gasteiger partial charge on any atom is -0.299 e. The summed E-state index contributed by atoms with van der Waals surface area (Å²) in [4.78, 5) is 12.1. The average molecular weight is 256 g/mol. The van der Waals surface area contributed by atoms with E-state index in [0.717, 1.165) is 17.0 Å². The first kappa shape index (κ1) is 13.5. The molecule has 100 valence electrons. The van der Waals surface area contributed by atoms with Crippen molar-refractivity contribution in [2.75, 3.05) is 0 Å². The van der Waals surface area contributed by atoms with Gasteiger partial charge in [-0.1, -0.05) is 29.3 Å². The number of hydrogen-bond donors (Lipinski definition) is 0. The molecule has 0 saturated heterocycles. The van der Waals surface area contributed by atoms with Gasteiger partial charge in [0.15, 0.2) is 0 Å². The average Bonchev–Trinajstić information content (AvgIpc) is 2.55. The van der Waals surface area contributed by atoms with Crippen molar-refractivity contribution in [2.45, 2.75) is 33.6 Å². The number of carbonyl (C=O) groups is 1. The van der Waals surface area contributed by atoms with Crippen molar-refractivity contribution in [2.24, 2.45) is 7.05 Å². The molecular weight excluding hydrogens is 236 g/mol. The van der Waals surface area contributed by atoms with Gasteiger partial charge >= 0.3 is 0 Å². The van der Waals surface area contributed by atoms with Gasteiger partial charge < -0.3 is 0 Å². The first-order valence-corrected chi connectivity index (χ1v) is 6.52. The third-order valence-electron chi connectivity index (χ3n) is 3.16. The Hall–Kier alpha value is -1.90. The van der Waals surface area contributed by atoms with E-state index in [0.29, 0.717) is 12.8 Å². The van der Waals surface area contributed by atoms with E-state index in [1.807, 2.05) is 20.0 Å². The summed E-state index contributed by atoms with van der Waals surface area (Å²) in [6, 6.07) is 8.26. The van der Waals surface area contributed by atoms with Gasteiger partial charge in [-0.25, -0.2) is 0 Å². The highest BCUT2D eigenvalue weighted by atomic mass is 16.1. The molecule has 0 spiro atoms. The van der Waals surface area contributed by atoms with Crippen LogP contribution in [-0.2, 0) is 24.7 Å². The van der Waals surface area contributed by atoms with Crippen LogP contribution < -0.4 is 0 Å². The van der Waals surface area contributed by atoms with E-state index in [9.17, 15) is 4.79 Å². The lowest BCUT2D eigenvalue weighted by Gasteiger charge is -2.05. The first-order chi connectivity index (χ1) is 8.94. The van der Waals surface area contributed by atoms with Crippen LogP contribution in [0.4, 0.5) is 0 Å². The van der Waals surface area contributed by atoms with Crippen molar-refractivity contribution in [3.63, 3.8) is 0 Å². The summed E-state index contributed by atoms with van der Waals surface area (Å²) in [6.07, 6.45) is 0.942. The topological polar surface area (TPSA) is 34.9 Å². The molecule has 1 aromatic carbocycles. The Kier molecular flexibility index (Phi) is 3.84. The molecule has 0 fully saturated rings. The zero-order chi connectivity index (χ0) is 14.0. The fourth-order valence-electron chi connectivity index (χ4n) is 2.49. The standard InChI is InChI=1S/C16H20N2O/c1-11-5-12(2)7-14(6-11)9-16(19)10-15-8-13(3)17-18(15)4/h5-8H,9-10H2,1-4H3. The number of benzene rings is 1. The van der Waals surface area contributed by atoms with Crippen LogP contribution >= 0.6 is 0 Å². The SMILES string of the molecule is Cc1cc(C)cc(CC(=O)Cc2cc(C)nn2C)c1. The Bertz CT molecular complexity index is 591. The second kappa shape index (κ2) is 5.39. The van der Waals surface area contributed by atoms with Gasteiger partial charge in [0.2, 0.25) is 0 Å². The summed E-state index contributed by atoms with van der Waals surface area (Å²) < 4.78 is 1.79. The van der Waals surface area contributed by atoms with E-state index in [1.54, 1.807) is 4.68 Å². The van der Waals surface area contributed by atoms with Crippen molar-refractivity contribution in [3.05, 3.63) is 52.3 Å². The maximum Gasteiger partial charge on any atom is 0.143 e. The van der Waals surface area contributed by atoms with Crippen LogP contribution in [0.25, 0.3) is 0 Å². The molecule has 1 aromatic heterocycles. The van der Waals surface area contributed by atoms with E-state index < -0.39 is 0 Å². The highest BCUT2D eigenvalue weighted by Crippen LogP contribution is 2.11. The molecule has 0 aliphatic heterocycles. The molecule has 0 bridgehead atoms. The maximum absolute atomic E-state index is 12.1. The van der Waals surface area contributed by atoms with Crippen LogP contribution in [0.3, 0.4) is 0 Å². The van der Waals surface area contributed by atoms with E-state index in [4.69, 9.17) is 0 Å². The molecule has 0 atom stereocenters. The van der Waals surface area contributed by atoms with Crippen molar-refractivity contribution < 1.29 is 4.79 Å². The van der Waals surface area contributed by atoms with Crippen LogP contribution in [0.15, 0.2) is 24.3 Å². The Morgan fingerprint density at radius 3 is 2.21 bits per heavy atom. The molecule has 0 radical (unpaired) electrons. The van der Waals surface area contributed by atoms with Gasteiger partial charge in [0, 0.05) is 25.6 Å². The van der Waals surface area contributed by atoms with E-state index >= 15 is 0 Å². The zero-order valence-corrected chi connectivity index (χ0v) is 12.0. The molecule has 0 unspecified atom stereocenters. The lowest BCUT2D eigenvalue weighted by Crippen LogP contribution is -2.10. The summed E-state index contributed by atoms with van der Waals surface area (Å²) in [5.74, 6) is 0.230. The van der Waals surface area contributed by atoms with Gasteiger partial charge in [-0.05, 0) is 32.4 Å². The van der Waals surface area contributed by atoms with Crippen molar-refractivity contribution in [1.82, 2.24) is 9.78 Å². The predicted octanol–water partition coefficient (Wildman–Crippen LogP) is 2.70. The molecule has 19 heavy (non-hydrogen) atoms. The fourth-order valence-corrected chi connectivity index (χ4v) is 2.49. The molecule has 0 saturated carbocycles. The maximum atomic E-state index is 12.1. The quantitative estimate of drug-likeness (QED) is 0.843. The second-order valence-corrected chi connectivity index (χ2v) is 5.29. The number of aryl methyl sites for hydroxylation is 4. The number of hydrogen-bond acceptors (Lipinski definition) is 2. The van der Waals surface area contributed by atoms with E-state index in [1.165, 1.54) is 11.1 Å². The van der Waals surface area contributed by atoms with Gasteiger partial charge in [-0.15, -0.1) is 0 Å². The normalized spacial score (nSPS) is 10.7. The Morgan fingerprint density at radius 1 is 1.05 bits per heavy atom. The number of carbonyl (C=O) groups excluding carboxylic acids is 1. The Labute approximate surface area is 114 Å². The van der Waals surface area contributed by atoms with Crippen LogP contribution in [0, 0.1) is 20.8 Å². The summed E-state index contributed by atoms with van der Waals surface area (Å²) in [6.45, 7) is 6.06. The van der Waals surface area contributed by atoms with Gasteiger partial charge in [0.1, 0.15) is 5.78 Å². The third kappa shape index (κ3) is 3.53. The van der Waals surface area contributed by atoms with Gasteiger partial charge in [-0.3, -0.25) is 9.48 Å². The predicted molar refractivity (Wildman–Crippen MR) is 76.3 cm³/mol. The minimum absolute atomic E-state index is 0.230. The van der Waals surface area contributed by atoms with Crippen LogP contribution in [0.2, 0.25) is 0 Å². The van der Waals surface area contributed by atoms with Crippen LogP contribution in [0.1, 0.15) is 28.1 Å². The van der Waals surface area contributed by atoms with Gasteiger partial charge in [0.05, 0.1) is 5.69 Å². The molecule has 1 heterocycles. The summed E-state index contributed by atoms with van der Waals surface area (Å²) in [5, 5.41) is 4.26. The molecule has 2 rings (SSSR count). The first-order valence-electron chi connectivity index (χ1n) is 6.52. The van der Waals surface area contributed by atoms with Gasteiger partial charge in [0.25, 0.3) is 0 Å². The molecular formula is C16H20N2O. The van der Waals surface area contributed by atoms with E-state index in [2.05, 4.69) is 37.1 Å². The lowest BCUT2D eigenvalue weighted by atomic mass is 10.0. The monoisotopic (exact) mass is 256 g/mol. The molecule has 3 heteroatoms. The molecule has 0 aliphatic carbocycles. The highest BCUT2D eigenvalue weighted by molar-refractivity contribution is 5.82. The summed E-state index contributed by atoms with van der Waals surface area (Å²) in [5.41, 5.74) is 5.45. The summed E-state index contributed by atoms with van der Waals surface area (Å²) in [7, 11) is 1.88. The third-order valence-corrected chi connectivity index (χ3v) is 3.16. The molecule has 0 N–H and O–H groups in total. The van der Waals surface area contributed by atoms with Crippen molar-refractivity contribution in [1.29, 1.82) is 0 Å². The molecule has 2 aromatic rings. The fraction of sp³-hybridized carbons (Fsp3) is 0.375. The Morgan fingerprint density at radius 2 is 1.68 bits per heavy atom. The van der Waals surface area contributed by atoms with Crippen molar-refractivity contribution in [3.8, 4) is 0 Å². The second-order valence-electron chi connectivity index (χ2n) is 5.29. The van der Waals surface area contributed by atoms with Crippen molar-refractivity contribution >= 4 is 5.78 Å². The van der Waals surface area contributed by atoms with E-state index in [-0.39, 0.29) is 5.78 Å². The van der Waals surface area contributed by atoms with Gasteiger partial charge in [-0.2, -0.15) is 5.10 Å². The summed E-state index contributed by atoms with van der Waals surface area (Å²) >= 11 is 0. The van der Waals surface area contributed by atoms with Crippen LogP contribution in [0.5, 0.6) is 0 Å². The lowest BCUT2D eigenvalue weighted by molar-refractivity contribution is -0.117. The number of aromatic nitrogens is 2. The zero-order valence-electron chi connectivity index (χ0n) is 12.0. The number of rotatable bonds is 4. The highest BCUT2D eigenvalue weighted by Gasteiger charge is 2.09. The molecule has 0 amide bonds. The minimum atomic E-state index is 0.230. The number of ketones is 1. The Balaban J connectivity index is 2.07. The smallest absolute Gasteiger partial charge is 0.143 e. The van der Waals surface area contributed by atoms with Crippen LogP contribution in [-0.4, -0.2) is 15.6 Å². The number of Topliss-reactive ketones (excluding diaryl/α,β-unsaturated/α-hetero) is 1. The number of nitrogens with zero attached hydrogens (tertiary/aromatic N) is 2. The molecule has 0 aliphatic rings. The largest absolute Gasteiger partial charge is 0.299 e.